The molecule has 0 spiro atoms. The highest BCUT2D eigenvalue weighted by atomic mass is 32.2. The molecule has 0 aliphatic carbocycles. The SMILES string of the molecule is CN1CCC(NS(=O)(=O)Cc2ccccc2)CC1. The second-order valence-electron chi connectivity index (χ2n) is 4.94. The highest BCUT2D eigenvalue weighted by molar-refractivity contribution is 7.88. The van der Waals surface area contributed by atoms with Gasteiger partial charge in [0.2, 0.25) is 10.0 Å². The number of likely N-dealkylation sites (tertiary alicyclic amines) is 1. The molecule has 1 N–H and O–H groups in total. The quantitative estimate of drug-likeness (QED) is 0.892. The van der Waals surface area contributed by atoms with Gasteiger partial charge in [-0.2, -0.15) is 0 Å². The van der Waals surface area contributed by atoms with Gasteiger partial charge in [0.05, 0.1) is 5.75 Å². The molecule has 2 rings (SSSR count). The van der Waals surface area contributed by atoms with Gasteiger partial charge in [-0.3, -0.25) is 0 Å². The molecule has 5 heteroatoms. The minimum atomic E-state index is -3.22. The lowest BCUT2D eigenvalue weighted by molar-refractivity contribution is 0.248. The second-order valence-corrected chi connectivity index (χ2v) is 6.69. The van der Waals surface area contributed by atoms with Crippen LogP contribution in [0.5, 0.6) is 0 Å². The van der Waals surface area contributed by atoms with Crippen molar-refractivity contribution in [3.8, 4) is 0 Å². The summed E-state index contributed by atoms with van der Waals surface area (Å²) in [5.41, 5.74) is 0.831. The van der Waals surface area contributed by atoms with Gasteiger partial charge in [-0.25, -0.2) is 13.1 Å². The van der Waals surface area contributed by atoms with E-state index in [-0.39, 0.29) is 11.8 Å². The number of benzene rings is 1. The first-order valence-electron chi connectivity index (χ1n) is 6.28. The van der Waals surface area contributed by atoms with E-state index in [9.17, 15) is 8.42 Å². The van der Waals surface area contributed by atoms with E-state index in [0.717, 1.165) is 31.5 Å². The monoisotopic (exact) mass is 268 g/mol. The number of nitrogens with one attached hydrogen (secondary N) is 1. The number of piperidine rings is 1. The normalized spacial score (nSPS) is 18.9. The van der Waals surface area contributed by atoms with Crippen LogP contribution in [0.25, 0.3) is 0 Å². The van der Waals surface area contributed by atoms with Crippen LogP contribution in [-0.4, -0.2) is 39.5 Å². The Labute approximate surface area is 109 Å². The Morgan fingerprint density at radius 3 is 2.44 bits per heavy atom. The summed E-state index contributed by atoms with van der Waals surface area (Å²) in [4.78, 5) is 2.22. The van der Waals surface area contributed by atoms with E-state index in [4.69, 9.17) is 0 Å². The van der Waals surface area contributed by atoms with Crippen molar-refractivity contribution in [2.45, 2.75) is 24.6 Å². The topological polar surface area (TPSA) is 49.4 Å². The van der Waals surface area contributed by atoms with Crippen molar-refractivity contribution in [2.24, 2.45) is 0 Å². The van der Waals surface area contributed by atoms with E-state index in [0.29, 0.717) is 0 Å². The number of rotatable bonds is 4. The molecule has 18 heavy (non-hydrogen) atoms. The zero-order chi connectivity index (χ0) is 13.0. The Morgan fingerprint density at radius 2 is 1.83 bits per heavy atom. The molecular weight excluding hydrogens is 248 g/mol. The fraction of sp³-hybridized carbons (Fsp3) is 0.538. The van der Waals surface area contributed by atoms with Crippen LogP contribution in [0.1, 0.15) is 18.4 Å². The maximum Gasteiger partial charge on any atom is 0.216 e. The molecule has 0 amide bonds. The molecule has 1 fully saturated rings. The smallest absolute Gasteiger partial charge is 0.216 e. The summed E-state index contributed by atoms with van der Waals surface area (Å²) in [5.74, 6) is 0.0696. The number of hydrogen-bond donors (Lipinski definition) is 1. The summed E-state index contributed by atoms with van der Waals surface area (Å²) < 4.78 is 26.9. The molecule has 0 atom stereocenters. The van der Waals surface area contributed by atoms with E-state index in [2.05, 4.69) is 16.7 Å². The average Bonchev–Trinajstić information content (AvgIpc) is 2.32. The third-order valence-corrected chi connectivity index (χ3v) is 4.67. The molecule has 1 aliphatic heterocycles. The molecule has 1 aliphatic rings. The van der Waals surface area contributed by atoms with Crippen molar-refractivity contribution < 1.29 is 8.42 Å². The van der Waals surface area contributed by atoms with Crippen molar-refractivity contribution in [3.05, 3.63) is 35.9 Å². The molecule has 0 bridgehead atoms. The van der Waals surface area contributed by atoms with Crippen LogP contribution in [0.15, 0.2) is 30.3 Å². The molecule has 0 aromatic heterocycles. The lowest BCUT2D eigenvalue weighted by Crippen LogP contribution is -2.43. The van der Waals surface area contributed by atoms with Gasteiger partial charge in [-0.15, -0.1) is 0 Å². The first kappa shape index (κ1) is 13.5. The van der Waals surface area contributed by atoms with Gasteiger partial charge >= 0.3 is 0 Å². The molecule has 0 saturated carbocycles. The summed E-state index contributed by atoms with van der Waals surface area (Å²) in [5, 5.41) is 0. The summed E-state index contributed by atoms with van der Waals surface area (Å²) in [7, 11) is -1.16. The minimum Gasteiger partial charge on any atom is -0.306 e. The number of sulfonamides is 1. The summed E-state index contributed by atoms with van der Waals surface area (Å²) in [6.45, 7) is 1.91. The van der Waals surface area contributed by atoms with Crippen LogP contribution in [-0.2, 0) is 15.8 Å². The standard InChI is InChI=1S/C13H20N2O2S/c1-15-9-7-13(8-10-15)14-18(16,17)11-12-5-3-2-4-6-12/h2-6,13-14H,7-11H2,1H3. The Hall–Kier alpha value is -0.910. The second kappa shape index (κ2) is 5.82. The average molecular weight is 268 g/mol. The number of hydrogen-bond acceptors (Lipinski definition) is 3. The maximum absolute atomic E-state index is 12.0. The minimum absolute atomic E-state index is 0.0696. The predicted octanol–water partition coefficient (Wildman–Crippen LogP) is 1.20. The van der Waals surface area contributed by atoms with Gasteiger partial charge in [0.1, 0.15) is 0 Å². The molecular formula is C13H20N2O2S. The number of nitrogens with zero attached hydrogens (tertiary/aromatic N) is 1. The third kappa shape index (κ3) is 4.08. The van der Waals surface area contributed by atoms with E-state index < -0.39 is 10.0 Å². The fourth-order valence-corrected chi connectivity index (χ4v) is 3.67. The van der Waals surface area contributed by atoms with Gasteiger partial charge in [-0.05, 0) is 38.5 Å². The summed E-state index contributed by atoms with van der Waals surface area (Å²) >= 11 is 0. The third-order valence-electron chi connectivity index (χ3n) is 3.26. The van der Waals surface area contributed by atoms with Crippen LogP contribution in [0.4, 0.5) is 0 Å². The highest BCUT2D eigenvalue weighted by Crippen LogP contribution is 2.11. The van der Waals surface area contributed by atoms with Gasteiger partial charge < -0.3 is 4.90 Å². The lowest BCUT2D eigenvalue weighted by Gasteiger charge is -2.29. The first-order chi connectivity index (χ1) is 8.55. The largest absolute Gasteiger partial charge is 0.306 e. The Bertz CT molecular complexity index is 465. The van der Waals surface area contributed by atoms with Crippen LogP contribution in [0, 0.1) is 0 Å². The predicted molar refractivity (Wildman–Crippen MR) is 72.7 cm³/mol. The molecule has 1 heterocycles. The molecule has 4 nitrogen and oxygen atoms in total. The van der Waals surface area contributed by atoms with E-state index in [1.54, 1.807) is 0 Å². The molecule has 100 valence electrons. The van der Waals surface area contributed by atoms with Crippen molar-refractivity contribution in [1.82, 2.24) is 9.62 Å². The van der Waals surface area contributed by atoms with E-state index >= 15 is 0 Å². The van der Waals surface area contributed by atoms with Gasteiger partial charge in [0, 0.05) is 6.04 Å². The van der Waals surface area contributed by atoms with Crippen LogP contribution < -0.4 is 4.72 Å². The van der Waals surface area contributed by atoms with Crippen molar-refractivity contribution >= 4 is 10.0 Å². The fourth-order valence-electron chi connectivity index (χ4n) is 2.22. The van der Waals surface area contributed by atoms with Crippen LogP contribution in [0.2, 0.25) is 0 Å². The van der Waals surface area contributed by atoms with Gasteiger partial charge in [0.15, 0.2) is 0 Å². The van der Waals surface area contributed by atoms with Crippen molar-refractivity contribution in [3.63, 3.8) is 0 Å². The van der Waals surface area contributed by atoms with Crippen LogP contribution >= 0.6 is 0 Å². The highest BCUT2D eigenvalue weighted by Gasteiger charge is 2.21. The molecule has 0 radical (unpaired) electrons. The van der Waals surface area contributed by atoms with E-state index in [1.807, 2.05) is 30.3 Å². The molecule has 1 saturated heterocycles. The van der Waals surface area contributed by atoms with Crippen molar-refractivity contribution in [2.75, 3.05) is 20.1 Å². The zero-order valence-corrected chi connectivity index (χ0v) is 11.5. The Kier molecular flexibility index (Phi) is 4.37. The van der Waals surface area contributed by atoms with Gasteiger partial charge in [0.25, 0.3) is 0 Å². The lowest BCUT2D eigenvalue weighted by atomic mass is 10.1. The molecule has 1 aromatic rings. The molecule has 0 unspecified atom stereocenters. The Morgan fingerprint density at radius 1 is 1.22 bits per heavy atom. The Balaban J connectivity index is 1.92. The zero-order valence-electron chi connectivity index (χ0n) is 10.7. The summed E-state index contributed by atoms with van der Waals surface area (Å²) in [6.07, 6.45) is 1.79. The first-order valence-corrected chi connectivity index (χ1v) is 7.93. The van der Waals surface area contributed by atoms with E-state index in [1.165, 1.54) is 0 Å². The van der Waals surface area contributed by atoms with Gasteiger partial charge in [-0.1, -0.05) is 30.3 Å². The molecule has 1 aromatic carbocycles. The van der Waals surface area contributed by atoms with Crippen LogP contribution in [0.3, 0.4) is 0 Å². The maximum atomic E-state index is 12.0. The van der Waals surface area contributed by atoms with Crippen molar-refractivity contribution in [1.29, 1.82) is 0 Å². The summed E-state index contributed by atoms with van der Waals surface area (Å²) in [6, 6.07) is 9.39.